The summed E-state index contributed by atoms with van der Waals surface area (Å²) in [5.74, 6) is 1.41. The van der Waals surface area contributed by atoms with Crippen molar-refractivity contribution < 1.29 is 24.2 Å². The number of aromatic hydroxyl groups is 1. The highest BCUT2D eigenvalue weighted by molar-refractivity contribution is 7.22. The monoisotopic (exact) mass is 508 g/mol. The van der Waals surface area contributed by atoms with E-state index in [1.165, 1.54) is 16.4 Å². The van der Waals surface area contributed by atoms with E-state index >= 15 is 0 Å². The molecule has 0 aliphatic heterocycles. The molecule has 4 aromatic rings. The lowest BCUT2D eigenvalue weighted by atomic mass is 10.2. The molecule has 10 heteroatoms. The van der Waals surface area contributed by atoms with Crippen LogP contribution in [0.15, 0.2) is 66.7 Å². The number of para-hydroxylation sites is 1. The van der Waals surface area contributed by atoms with Crippen LogP contribution in [0, 0.1) is 0 Å². The molecule has 0 unspecified atom stereocenters. The predicted molar refractivity (Wildman–Crippen MR) is 140 cm³/mol. The average Bonchev–Trinajstić information content (AvgIpc) is 3.31. The van der Waals surface area contributed by atoms with Gasteiger partial charge in [0, 0.05) is 6.07 Å². The summed E-state index contributed by atoms with van der Waals surface area (Å²) in [5, 5.41) is 11.0. The van der Waals surface area contributed by atoms with Crippen molar-refractivity contribution in [3.8, 4) is 23.0 Å². The maximum Gasteiger partial charge on any atom is 0.288 e. The molecule has 1 heterocycles. The number of amides is 1. The van der Waals surface area contributed by atoms with E-state index < -0.39 is 5.91 Å². The van der Waals surface area contributed by atoms with Gasteiger partial charge in [-0.05, 0) is 74.5 Å². The van der Waals surface area contributed by atoms with Gasteiger partial charge in [0.25, 0.3) is 5.91 Å². The molecule has 188 valence electrons. The molecule has 36 heavy (non-hydrogen) atoms. The zero-order chi connectivity index (χ0) is 25.3. The highest BCUT2D eigenvalue weighted by atomic mass is 32.1. The van der Waals surface area contributed by atoms with E-state index in [-0.39, 0.29) is 12.4 Å². The first kappa shape index (κ1) is 25.4. The van der Waals surface area contributed by atoms with Crippen molar-refractivity contribution in [1.82, 2.24) is 4.98 Å². The van der Waals surface area contributed by atoms with Crippen molar-refractivity contribution in [3.05, 3.63) is 72.3 Å². The first-order valence-corrected chi connectivity index (χ1v) is 12.4. The Kier molecular flexibility index (Phi) is 8.69. The van der Waals surface area contributed by atoms with E-state index in [4.69, 9.17) is 25.8 Å². The number of carbonyl (C=O) groups is 1. The summed E-state index contributed by atoms with van der Waals surface area (Å²) >= 11 is 1.30. The zero-order valence-corrected chi connectivity index (χ0v) is 20.4. The number of hydroxylamine groups is 1. The second kappa shape index (κ2) is 12.3. The molecule has 1 aromatic heterocycles. The number of nitrogens with zero attached hydrogens (tertiary/aromatic N) is 2. The lowest BCUT2D eigenvalue weighted by Crippen LogP contribution is -2.32. The first-order chi connectivity index (χ1) is 17.6. The number of hydrogen-bond donors (Lipinski definition) is 3. The normalized spacial score (nSPS) is 10.9. The van der Waals surface area contributed by atoms with Gasteiger partial charge in [-0.25, -0.2) is 4.98 Å². The lowest BCUT2D eigenvalue weighted by Gasteiger charge is -2.20. The Morgan fingerprint density at radius 1 is 0.944 bits per heavy atom. The van der Waals surface area contributed by atoms with E-state index in [1.807, 2.05) is 18.2 Å². The molecule has 0 bridgehead atoms. The van der Waals surface area contributed by atoms with Crippen molar-refractivity contribution >= 4 is 32.6 Å². The fraction of sp³-hybridized carbons (Fsp3) is 0.231. The fourth-order valence-electron chi connectivity index (χ4n) is 3.28. The number of phenols is 1. The number of rotatable bonds is 12. The zero-order valence-electron chi connectivity index (χ0n) is 19.6. The molecule has 3 aromatic carbocycles. The molecule has 1 amide bonds. The van der Waals surface area contributed by atoms with Gasteiger partial charge in [0.2, 0.25) is 5.13 Å². The van der Waals surface area contributed by atoms with Crippen LogP contribution in [0.1, 0.15) is 23.2 Å². The minimum atomic E-state index is -0.394. The average molecular weight is 509 g/mol. The number of ether oxygens (including phenoxy) is 2. The summed E-state index contributed by atoms with van der Waals surface area (Å²) < 4.78 is 12.5. The topological polar surface area (TPSA) is 133 Å². The minimum Gasteiger partial charge on any atom is -0.508 e. The van der Waals surface area contributed by atoms with Crippen LogP contribution in [0.3, 0.4) is 0 Å². The fourth-order valence-corrected chi connectivity index (χ4v) is 4.23. The molecular weight excluding hydrogens is 480 g/mol. The minimum absolute atomic E-state index is 0.163. The van der Waals surface area contributed by atoms with Crippen LogP contribution in [0.4, 0.5) is 5.13 Å². The molecule has 0 aliphatic carbocycles. The standard InChI is InChI=1S/C26H28N4O5S/c27-13-3-15-33-23-6-2-1-5-21(23)25(32)30(34-16-4-14-28)26-29-22-12-11-20(17-24(22)36-26)35-19-9-7-18(31)8-10-19/h1-2,5-12,17,31H,3-4,13-16,27-28H2. The molecule has 5 N–H and O–H groups in total. The third-order valence-corrected chi connectivity index (χ3v) is 6.06. The highest BCUT2D eigenvalue weighted by Gasteiger charge is 2.25. The van der Waals surface area contributed by atoms with E-state index in [2.05, 4.69) is 4.98 Å². The second-order valence-corrected chi connectivity index (χ2v) is 8.79. The predicted octanol–water partition coefficient (Wildman–Crippen LogP) is 4.45. The summed E-state index contributed by atoms with van der Waals surface area (Å²) in [6.07, 6.45) is 1.25. The molecule has 0 atom stereocenters. The van der Waals surface area contributed by atoms with E-state index in [9.17, 15) is 9.90 Å². The van der Waals surface area contributed by atoms with Crippen molar-refractivity contribution in [3.63, 3.8) is 0 Å². The summed E-state index contributed by atoms with van der Waals surface area (Å²) in [6, 6.07) is 18.9. The summed E-state index contributed by atoms with van der Waals surface area (Å²) in [4.78, 5) is 24.1. The van der Waals surface area contributed by atoms with Gasteiger partial charge in [-0.15, -0.1) is 0 Å². The molecule has 0 radical (unpaired) electrons. The summed E-state index contributed by atoms with van der Waals surface area (Å²) in [6.45, 7) is 1.58. The van der Waals surface area contributed by atoms with Gasteiger partial charge in [0.15, 0.2) is 0 Å². The van der Waals surface area contributed by atoms with Gasteiger partial charge in [-0.3, -0.25) is 9.63 Å². The number of phenolic OH excluding ortho intramolecular Hbond substituents is 1. The molecule has 0 aliphatic rings. The van der Waals surface area contributed by atoms with E-state index in [1.54, 1.807) is 48.5 Å². The van der Waals surface area contributed by atoms with Crippen molar-refractivity contribution in [2.45, 2.75) is 12.8 Å². The SMILES string of the molecule is NCCCOc1ccccc1C(=O)N(OCCCN)c1nc2ccc(Oc3ccc(O)cc3)cc2s1. The van der Waals surface area contributed by atoms with Crippen LogP contribution in [-0.4, -0.2) is 42.3 Å². The quantitative estimate of drug-likeness (QED) is 0.189. The van der Waals surface area contributed by atoms with Gasteiger partial charge in [-0.1, -0.05) is 23.5 Å². The molecule has 0 spiro atoms. The van der Waals surface area contributed by atoms with Crippen LogP contribution in [-0.2, 0) is 4.84 Å². The Labute approximate surface area is 212 Å². The number of benzene rings is 3. The first-order valence-electron chi connectivity index (χ1n) is 11.6. The van der Waals surface area contributed by atoms with Gasteiger partial charge in [0.1, 0.15) is 23.0 Å². The number of hydrogen-bond acceptors (Lipinski definition) is 9. The summed E-state index contributed by atoms with van der Waals surface area (Å²) in [7, 11) is 0. The number of fused-ring (bicyclic) bond motifs is 1. The maximum atomic E-state index is 13.6. The number of carbonyl (C=O) groups excluding carboxylic acids is 1. The molecule has 4 rings (SSSR count). The third-order valence-electron chi connectivity index (χ3n) is 5.07. The molecule has 0 fully saturated rings. The Morgan fingerprint density at radius 3 is 2.44 bits per heavy atom. The molecule has 0 saturated carbocycles. The third kappa shape index (κ3) is 6.29. The molecular formula is C26H28N4O5S. The highest BCUT2D eigenvalue weighted by Crippen LogP contribution is 2.34. The van der Waals surface area contributed by atoms with Gasteiger partial charge in [-0.2, -0.15) is 5.06 Å². The Bertz CT molecular complexity index is 1300. The smallest absolute Gasteiger partial charge is 0.288 e. The van der Waals surface area contributed by atoms with Crippen molar-refractivity contribution in [1.29, 1.82) is 0 Å². The maximum absolute atomic E-state index is 13.6. The van der Waals surface area contributed by atoms with Crippen LogP contribution >= 0.6 is 11.3 Å². The number of aromatic nitrogens is 1. The Hall–Kier alpha value is -3.70. The Balaban J connectivity index is 1.61. The van der Waals surface area contributed by atoms with Crippen molar-refractivity contribution in [2.24, 2.45) is 11.5 Å². The molecule has 0 saturated heterocycles. The van der Waals surface area contributed by atoms with Gasteiger partial charge < -0.3 is 26.0 Å². The molecule has 9 nitrogen and oxygen atoms in total. The van der Waals surface area contributed by atoms with E-state index in [0.717, 1.165) is 4.70 Å². The second-order valence-electron chi connectivity index (χ2n) is 7.78. The van der Waals surface area contributed by atoms with Gasteiger partial charge in [0.05, 0.1) is 29.0 Å². The summed E-state index contributed by atoms with van der Waals surface area (Å²) in [5.41, 5.74) is 12.3. The van der Waals surface area contributed by atoms with Gasteiger partial charge >= 0.3 is 0 Å². The number of nitrogens with two attached hydrogens (primary N) is 2. The number of anilines is 1. The van der Waals surface area contributed by atoms with Crippen LogP contribution in [0.5, 0.6) is 23.0 Å². The number of thiazole rings is 1. The largest absolute Gasteiger partial charge is 0.508 e. The van der Waals surface area contributed by atoms with Crippen LogP contribution < -0.4 is 26.0 Å². The Morgan fingerprint density at radius 2 is 1.67 bits per heavy atom. The lowest BCUT2D eigenvalue weighted by molar-refractivity contribution is 0.0641. The van der Waals surface area contributed by atoms with E-state index in [0.29, 0.717) is 66.0 Å². The van der Waals surface area contributed by atoms with Crippen molar-refractivity contribution in [2.75, 3.05) is 31.4 Å². The van der Waals surface area contributed by atoms with Crippen LogP contribution in [0.2, 0.25) is 0 Å². The van der Waals surface area contributed by atoms with Crippen LogP contribution in [0.25, 0.3) is 10.2 Å².